The van der Waals surface area contributed by atoms with Crippen LogP contribution >= 0.6 is 0 Å². The molecule has 1 saturated carbocycles. The molecule has 0 saturated heterocycles. The van der Waals surface area contributed by atoms with Crippen LogP contribution in [0.3, 0.4) is 0 Å². The predicted octanol–water partition coefficient (Wildman–Crippen LogP) is 7.91. The number of esters is 1. The molecule has 1 aliphatic rings. The van der Waals surface area contributed by atoms with Crippen LogP contribution in [0.25, 0.3) is 0 Å². The van der Waals surface area contributed by atoms with Crippen molar-refractivity contribution < 1.29 is 9.53 Å². The summed E-state index contributed by atoms with van der Waals surface area (Å²) in [5, 5.41) is 0. The van der Waals surface area contributed by atoms with E-state index in [0.717, 1.165) is 38.5 Å². The highest BCUT2D eigenvalue weighted by Gasteiger charge is 2.36. The van der Waals surface area contributed by atoms with Crippen LogP contribution < -0.4 is 0 Å². The topological polar surface area (TPSA) is 26.3 Å². The van der Waals surface area contributed by atoms with Gasteiger partial charge in [0.05, 0.1) is 5.56 Å². The van der Waals surface area contributed by atoms with E-state index >= 15 is 0 Å². The monoisotopic (exact) mass is 386 g/mol. The summed E-state index contributed by atoms with van der Waals surface area (Å²) in [7, 11) is 0. The highest BCUT2D eigenvalue weighted by molar-refractivity contribution is 5.89. The average molecular weight is 387 g/mol. The van der Waals surface area contributed by atoms with Gasteiger partial charge in [-0.15, -0.1) is 0 Å². The Bertz CT molecular complexity index is 631. The van der Waals surface area contributed by atoms with Crippen molar-refractivity contribution >= 4 is 5.97 Å². The second-order valence-electron chi connectivity index (χ2n) is 10.3. The highest BCUT2D eigenvalue weighted by Crippen LogP contribution is 2.48. The van der Waals surface area contributed by atoms with Gasteiger partial charge >= 0.3 is 5.97 Å². The third kappa shape index (κ3) is 5.39. The van der Waals surface area contributed by atoms with E-state index in [1.807, 2.05) is 12.1 Å². The second-order valence-corrected chi connectivity index (χ2v) is 10.3. The molecule has 0 bridgehead atoms. The number of carbonyl (C=O) groups excluding carboxylic acids is 1. The van der Waals surface area contributed by atoms with Gasteiger partial charge in [0.1, 0.15) is 5.60 Å². The van der Waals surface area contributed by atoms with Crippen LogP contribution in [0.5, 0.6) is 0 Å². The summed E-state index contributed by atoms with van der Waals surface area (Å²) in [6, 6.07) is 8.31. The molecule has 0 aliphatic heterocycles. The minimum Gasteiger partial charge on any atom is -0.456 e. The average Bonchev–Trinajstić information content (AvgIpc) is 3.11. The largest absolute Gasteiger partial charge is 0.456 e. The number of rotatable bonds is 9. The van der Waals surface area contributed by atoms with Gasteiger partial charge in [-0.05, 0) is 73.5 Å². The Hall–Kier alpha value is -1.31. The SMILES string of the molecule is CCC(C)(C)CC(c1ccc(C(=O)OC2(C)CCCC2)cc1)C(C)(CC)CC. The van der Waals surface area contributed by atoms with Gasteiger partial charge in [0, 0.05) is 0 Å². The molecule has 0 spiro atoms. The summed E-state index contributed by atoms with van der Waals surface area (Å²) >= 11 is 0. The Morgan fingerprint density at radius 1 is 1.00 bits per heavy atom. The van der Waals surface area contributed by atoms with Crippen LogP contribution in [-0.2, 0) is 4.74 Å². The number of ether oxygens (including phenoxy) is 1. The van der Waals surface area contributed by atoms with Gasteiger partial charge in [0.15, 0.2) is 0 Å². The van der Waals surface area contributed by atoms with Crippen molar-refractivity contribution in [3.8, 4) is 0 Å². The molecule has 0 heterocycles. The lowest BCUT2D eigenvalue weighted by molar-refractivity contribution is -0.00609. The highest BCUT2D eigenvalue weighted by atomic mass is 16.6. The molecular formula is C26H42O2. The minimum atomic E-state index is -0.271. The fraction of sp³-hybridized carbons (Fsp3) is 0.731. The van der Waals surface area contributed by atoms with Crippen molar-refractivity contribution in [2.24, 2.45) is 10.8 Å². The van der Waals surface area contributed by atoms with Crippen molar-refractivity contribution in [3.63, 3.8) is 0 Å². The number of carbonyl (C=O) groups is 1. The molecule has 1 unspecified atom stereocenters. The Morgan fingerprint density at radius 2 is 1.54 bits per heavy atom. The molecule has 0 aromatic heterocycles. The standard InChI is InChI=1S/C26H42O2/c1-8-24(4,5)19-22(25(6,9-2)10-3)20-13-15-21(16-14-20)23(27)28-26(7)17-11-12-18-26/h13-16,22H,8-12,17-19H2,1-7H3. The normalized spacial score (nSPS) is 18.1. The van der Waals surface area contributed by atoms with Gasteiger partial charge in [0.25, 0.3) is 0 Å². The number of hydrogen-bond donors (Lipinski definition) is 0. The van der Waals surface area contributed by atoms with Crippen LogP contribution in [-0.4, -0.2) is 11.6 Å². The lowest BCUT2D eigenvalue weighted by Crippen LogP contribution is -2.29. The maximum absolute atomic E-state index is 12.6. The van der Waals surface area contributed by atoms with Crippen molar-refractivity contribution in [1.29, 1.82) is 0 Å². The van der Waals surface area contributed by atoms with Crippen LogP contribution in [0.1, 0.15) is 122 Å². The third-order valence-electron chi connectivity index (χ3n) is 7.72. The van der Waals surface area contributed by atoms with Gasteiger partial charge in [-0.1, -0.05) is 72.9 Å². The molecule has 1 aromatic rings. The van der Waals surface area contributed by atoms with Gasteiger partial charge in [-0.3, -0.25) is 0 Å². The quantitative estimate of drug-likeness (QED) is 0.403. The Labute approximate surface area is 173 Å². The summed E-state index contributed by atoms with van der Waals surface area (Å²) in [4.78, 5) is 12.6. The summed E-state index contributed by atoms with van der Waals surface area (Å²) < 4.78 is 5.85. The first-order valence-electron chi connectivity index (χ1n) is 11.4. The lowest BCUT2D eigenvalue weighted by atomic mass is 9.64. The summed E-state index contributed by atoms with van der Waals surface area (Å²) in [5.74, 6) is 0.324. The molecule has 2 heteroatoms. The molecule has 0 radical (unpaired) electrons. The fourth-order valence-electron chi connectivity index (χ4n) is 4.57. The summed E-state index contributed by atoms with van der Waals surface area (Å²) in [6.45, 7) is 16.1. The molecule has 158 valence electrons. The molecule has 28 heavy (non-hydrogen) atoms. The van der Waals surface area contributed by atoms with E-state index in [1.165, 1.54) is 18.4 Å². The second kappa shape index (κ2) is 9.01. The first-order valence-corrected chi connectivity index (χ1v) is 11.4. The predicted molar refractivity (Wildman–Crippen MR) is 119 cm³/mol. The van der Waals surface area contributed by atoms with E-state index in [4.69, 9.17) is 4.74 Å². The smallest absolute Gasteiger partial charge is 0.338 e. The molecule has 1 aliphatic carbocycles. The Balaban J connectivity index is 2.23. The van der Waals surface area contributed by atoms with Crippen LogP contribution in [0.4, 0.5) is 0 Å². The third-order valence-corrected chi connectivity index (χ3v) is 7.72. The van der Waals surface area contributed by atoms with Crippen molar-refractivity contribution in [2.75, 3.05) is 0 Å². The van der Waals surface area contributed by atoms with E-state index in [2.05, 4.69) is 60.6 Å². The van der Waals surface area contributed by atoms with Crippen LogP contribution in [0.15, 0.2) is 24.3 Å². The molecule has 1 atom stereocenters. The molecule has 1 fully saturated rings. The Morgan fingerprint density at radius 3 is 2.00 bits per heavy atom. The molecule has 1 aromatic carbocycles. The molecular weight excluding hydrogens is 344 g/mol. The van der Waals surface area contributed by atoms with E-state index in [-0.39, 0.29) is 17.0 Å². The first kappa shape index (κ1) is 23.0. The van der Waals surface area contributed by atoms with E-state index < -0.39 is 0 Å². The van der Waals surface area contributed by atoms with E-state index in [1.54, 1.807) is 0 Å². The van der Waals surface area contributed by atoms with Gasteiger partial charge in [-0.2, -0.15) is 0 Å². The Kier molecular flexibility index (Phi) is 7.39. The van der Waals surface area contributed by atoms with Crippen LogP contribution in [0, 0.1) is 10.8 Å². The van der Waals surface area contributed by atoms with E-state index in [0.29, 0.717) is 16.9 Å². The maximum Gasteiger partial charge on any atom is 0.338 e. The molecule has 0 N–H and O–H groups in total. The van der Waals surface area contributed by atoms with Gasteiger partial charge in [0.2, 0.25) is 0 Å². The summed E-state index contributed by atoms with van der Waals surface area (Å²) in [5.41, 5.74) is 2.35. The lowest BCUT2D eigenvalue weighted by Gasteiger charge is -2.41. The van der Waals surface area contributed by atoms with E-state index in [9.17, 15) is 4.79 Å². The molecule has 2 nitrogen and oxygen atoms in total. The van der Waals surface area contributed by atoms with Crippen molar-refractivity contribution in [1.82, 2.24) is 0 Å². The number of benzene rings is 1. The zero-order valence-electron chi connectivity index (χ0n) is 19.4. The zero-order valence-corrected chi connectivity index (χ0v) is 19.4. The van der Waals surface area contributed by atoms with Crippen molar-refractivity contribution in [3.05, 3.63) is 35.4 Å². The maximum atomic E-state index is 12.6. The minimum absolute atomic E-state index is 0.171. The van der Waals surface area contributed by atoms with Gasteiger partial charge < -0.3 is 4.74 Å². The first-order chi connectivity index (χ1) is 13.1. The van der Waals surface area contributed by atoms with Crippen molar-refractivity contribution in [2.45, 2.75) is 111 Å². The molecule has 2 rings (SSSR count). The molecule has 0 amide bonds. The zero-order chi connectivity index (χ0) is 21.0. The fourth-order valence-corrected chi connectivity index (χ4v) is 4.57. The number of hydrogen-bond acceptors (Lipinski definition) is 2. The van der Waals surface area contributed by atoms with Gasteiger partial charge in [-0.25, -0.2) is 4.79 Å². The van der Waals surface area contributed by atoms with Crippen LogP contribution in [0.2, 0.25) is 0 Å². The summed E-state index contributed by atoms with van der Waals surface area (Å²) in [6.07, 6.45) is 8.95.